The monoisotopic (exact) mass is 234 g/mol. The molecule has 0 heterocycles. The number of benzene rings is 1. The van der Waals surface area contributed by atoms with Crippen LogP contribution in [0.2, 0.25) is 0 Å². The van der Waals surface area contributed by atoms with E-state index in [4.69, 9.17) is 0 Å². The van der Waals surface area contributed by atoms with Gasteiger partial charge in [-0.2, -0.15) is 0 Å². The second-order valence-electron chi connectivity index (χ2n) is 6.56. The Morgan fingerprint density at radius 2 is 1.59 bits per heavy atom. The van der Waals surface area contributed by atoms with E-state index in [0.29, 0.717) is 5.56 Å². The van der Waals surface area contributed by atoms with Crippen LogP contribution >= 0.6 is 0 Å². The van der Waals surface area contributed by atoms with Crippen molar-refractivity contribution < 1.29 is 9.90 Å². The molecule has 0 aromatic heterocycles. The van der Waals surface area contributed by atoms with Gasteiger partial charge in [-0.25, -0.2) is 0 Å². The normalized spacial score (nSPS) is 12.6. The second kappa shape index (κ2) is 4.17. The highest BCUT2D eigenvalue weighted by Crippen LogP contribution is 2.31. The molecule has 1 aromatic rings. The lowest BCUT2D eigenvalue weighted by molar-refractivity contribution is 0.0855. The highest BCUT2D eigenvalue weighted by atomic mass is 16.3. The van der Waals surface area contributed by atoms with Crippen molar-refractivity contribution in [2.45, 2.75) is 47.0 Å². The molecule has 0 spiro atoms. The van der Waals surface area contributed by atoms with E-state index in [2.05, 4.69) is 20.8 Å². The van der Waals surface area contributed by atoms with Gasteiger partial charge in [-0.1, -0.05) is 47.6 Å². The van der Waals surface area contributed by atoms with Gasteiger partial charge in [0, 0.05) is 5.41 Å². The number of hydrogen-bond donors (Lipinski definition) is 1. The Kier molecular flexibility index (Phi) is 3.37. The van der Waals surface area contributed by atoms with Gasteiger partial charge in [0.05, 0.1) is 5.56 Å². The summed E-state index contributed by atoms with van der Waals surface area (Å²) in [6.45, 7) is 11.8. The average Bonchev–Trinajstić information content (AvgIpc) is 2.13. The van der Waals surface area contributed by atoms with Crippen molar-refractivity contribution in [3.8, 4) is 5.75 Å². The Bertz CT molecular complexity index is 431. The SMILES string of the molecule is CC(C)(C)C(=O)c1ccc(C(C)(C)C)cc1O. The smallest absolute Gasteiger partial charge is 0.171 e. The lowest BCUT2D eigenvalue weighted by atomic mass is 9.83. The summed E-state index contributed by atoms with van der Waals surface area (Å²) in [7, 11) is 0. The van der Waals surface area contributed by atoms with Crippen molar-refractivity contribution in [2.75, 3.05) is 0 Å². The molecule has 0 saturated heterocycles. The molecule has 0 saturated carbocycles. The van der Waals surface area contributed by atoms with Crippen LogP contribution in [0.1, 0.15) is 57.5 Å². The van der Waals surface area contributed by atoms with E-state index < -0.39 is 5.41 Å². The molecule has 1 aromatic carbocycles. The van der Waals surface area contributed by atoms with Crippen LogP contribution in [0.25, 0.3) is 0 Å². The highest BCUT2D eigenvalue weighted by Gasteiger charge is 2.26. The standard InChI is InChI=1S/C15H22O2/c1-14(2,3)10-7-8-11(12(16)9-10)13(17)15(4,5)6/h7-9,16H,1-6H3. The summed E-state index contributed by atoms with van der Waals surface area (Å²) in [5.41, 5.74) is 0.938. The van der Waals surface area contributed by atoms with Crippen LogP contribution < -0.4 is 0 Å². The molecular weight excluding hydrogens is 212 g/mol. The summed E-state index contributed by atoms with van der Waals surface area (Å²) in [5, 5.41) is 9.97. The van der Waals surface area contributed by atoms with Crippen LogP contribution in [0.3, 0.4) is 0 Å². The third-order valence-electron chi connectivity index (χ3n) is 2.79. The summed E-state index contributed by atoms with van der Waals surface area (Å²) in [6, 6.07) is 5.33. The zero-order valence-corrected chi connectivity index (χ0v) is 11.6. The molecule has 0 aliphatic rings. The highest BCUT2D eigenvalue weighted by molar-refractivity contribution is 6.02. The minimum absolute atomic E-state index is 0.0270. The van der Waals surface area contributed by atoms with Gasteiger partial charge in [0.2, 0.25) is 0 Å². The molecule has 0 bridgehead atoms. The van der Waals surface area contributed by atoms with Gasteiger partial charge < -0.3 is 5.11 Å². The van der Waals surface area contributed by atoms with Gasteiger partial charge >= 0.3 is 0 Å². The van der Waals surface area contributed by atoms with E-state index in [0.717, 1.165) is 5.56 Å². The van der Waals surface area contributed by atoms with Crippen LogP contribution in [-0.2, 0) is 5.41 Å². The summed E-state index contributed by atoms with van der Waals surface area (Å²) >= 11 is 0. The maximum absolute atomic E-state index is 12.1. The first kappa shape index (κ1) is 13.8. The summed E-state index contributed by atoms with van der Waals surface area (Å²) in [5.74, 6) is 0.0489. The number of rotatable bonds is 1. The molecule has 1 rings (SSSR count). The summed E-state index contributed by atoms with van der Waals surface area (Å²) < 4.78 is 0. The quantitative estimate of drug-likeness (QED) is 0.748. The Hall–Kier alpha value is -1.31. The Morgan fingerprint density at radius 3 is 1.94 bits per heavy atom. The van der Waals surface area contributed by atoms with E-state index in [9.17, 15) is 9.90 Å². The fourth-order valence-electron chi connectivity index (χ4n) is 1.59. The molecule has 1 N–H and O–H groups in total. The molecule has 0 aliphatic heterocycles. The molecule has 0 unspecified atom stereocenters. The topological polar surface area (TPSA) is 37.3 Å². The molecule has 0 aliphatic carbocycles. The maximum atomic E-state index is 12.1. The largest absolute Gasteiger partial charge is 0.507 e. The minimum atomic E-state index is -0.471. The number of ketones is 1. The molecule has 0 fully saturated rings. The van der Waals surface area contributed by atoms with E-state index in [-0.39, 0.29) is 16.9 Å². The predicted molar refractivity (Wildman–Crippen MR) is 70.6 cm³/mol. The molecule has 94 valence electrons. The summed E-state index contributed by atoms with van der Waals surface area (Å²) in [4.78, 5) is 12.1. The first-order chi connectivity index (χ1) is 7.53. The van der Waals surface area contributed by atoms with Gasteiger partial charge in [0.25, 0.3) is 0 Å². The van der Waals surface area contributed by atoms with E-state index >= 15 is 0 Å². The zero-order chi connectivity index (χ0) is 13.4. The van der Waals surface area contributed by atoms with Crippen molar-refractivity contribution >= 4 is 5.78 Å². The lowest BCUT2D eigenvalue weighted by Gasteiger charge is -2.21. The van der Waals surface area contributed by atoms with Crippen LogP contribution in [0.15, 0.2) is 18.2 Å². The van der Waals surface area contributed by atoms with E-state index in [1.807, 2.05) is 26.8 Å². The van der Waals surface area contributed by atoms with Gasteiger partial charge in [0.15, 0.2) is 5.78 Å². The van der Waals surface area contributed by atoms with Gasteiger partial charge in [-0.05, 0) is 23.1 Å². The fourth-order valence-corrected chi connectivity index (χ4v) is 1.59. The van der Waals surface area contributed by atoms with Crippen molar-refractivity contribution in [3.63, 3.8) is 0 Å². The Morgan fingerprint density at radius 1 is 1.06 bits per heavy atom. The van der Waals surface area contributed by atoms with E-state index in [1.165, 1.54) is 0 Å². The molecule has 0 amide bonds. The molecule has 0 radical (unpaired) electrons. The van der Waals surface area contributed by atoms with Crippen LogP contribution in [0.4, 0.5) is 0 Å². The van der Waals surface area contributed by atoms with Crippen molar-refractivity contribution in [3.05, 3.63) is 29.3 Å². The van der Waals surface area contributed by atoms with Crippen molar-refractivity contribution in [2.24, 2.45) is 5.41 Å². The third-order valence-corrected chi connectivity index (χ3v) is 2.79. The molecule has 2 nitrogen and oxygen atoms in total. The first-order valence-corrected chi connectivity index (χ1v) is 5.92. The number of aromatic hydroxyl groups is 1. The molecule has 2 heteroatoms. The zero-order valence-electron chi connectivity index (χ0n) is 11.6. The van der Waals surface area contributed by atoms with Crippen LogP contribution in [0.5, 0.6) is 5.75 Å². The van der Waals surface area contributed by atoms with Crippen LogP contribution in [-0.4, -0.2) is 10.9 Å². The lowest BCUT2D eigenvalue weighted by Crippen LogP contribution is -2.20. The Labute approximate surface area is 104 Å². The second-order valence-corrected chi connectivity index (χ2v) is 6.56. The number of Topliss-reactive ketones (excluding diaryl/α,β-unsaturated/α-hetero) is 1. The number of phenols is 1. The number of hydrogen-bond acceptors (Lipinski definition) is 2. The number of carbonyl (C=O) groups is 1. The van der Waals surface area contributed by atoms with Gasteiger partial charge in [0.1, 0.15) is 5.75 Å². The van der Waals surface area contributed by atoms with Gasteiger partial charge in [-0.3, -0.25) is 4.79 Å². The van der Waals surface area contributed by atoms with Crippen molar-refractivity contribution in [1.29, 1.82) is 0 Å². The molecular formula is C15H22O2. The maximum Gasteiger partial charge on any atom is 0.171 e. The molecule has 0 atom stereocenters. The number of phenolic OH excluding ortho intramolecular Hbond substituents is 1. The third kappa shape index (κ3) is 3.09. The number of carbonyl (C=O) groups excluding carboxylic acids is 1. The average molecular weight is 234 g/mol. The first-order valence-electron chi connectivity index (χ1n) is 5.92. The minimum Gasteiger partial charge on any atom is -0.507 e. The molecule has 17 heavy (non-hydrogen) atoms. The predicted octanol–water partition coefficient (Wildman–Crippen LogP) is 3.92. The Balaban J connectivity index is 3.20. The van der Waals surface area contributed by atoms with Crippen LogP contribution in [0, 0.1) is 5.41 Å². The van der Waals surface area contributed by atoms with E-state index in [1.54, 1.807) is 12.1 Å². The van der Waals surface area contributed by atoms with Gasteiger partial charge in [-0.15, -0.1) is 0 Å². The van der Waals surface area contributed by atoms with Crippen molar-refractivity contribution in [1.82, 2.24) is 0 Å². The summed E-state index contributed by atoms with van der Waals surface area (Å²) in [6.07, 6.45) is 0. The fraction of sp³-hybridized carbons (Fsp3) is 0.533.